The summed E-state index contributed by atoms with van der Waals surface area (Å²) in [4.78, 5) is 0. The highest BCUT2D eigenvalue weighted by molar-refractivity contribution is 6.20. The second-order valence-corrected chi connectivity index (χ2v) is 5.89. The number of hydrogen-bond acceptors (Lipinski definition) is 1. The van der Waals surface area contributed by atoms with Crippen LogP contribution in [0.1, 0.15) is 45.4 Å². The zero-order valence-electron chi connectivity index (χ0n) is 9.75. The van der Waals surface area contributed by atoms with Crippen molar-refractivity contribution in [1.82, 2.24) is 0 Å². The molecule has 0 aromatic carbocycles. The minimum atomic E-state index is 0.438. The number of halogens is 1. The largest absolute Gasteiger partial charge is 0.381 e. The molecule has 4 unspecified atom stereocenters. The van der Waals surface area contributed by atoms with Crippen LogP contribution in [0.2, 0.25) is 0 Å². The number of rotatable bonds is 3. The van der Waals surface area contributed by atoms with E-state index in [4.69, 9.17) is 16.3 Å². The highest BCUT2D eigenvalue weighted by atomic mass is 35.5. The lowest BCUT2D eigenvalue weighted by Crippen LogP contribution is -2.27. The average molecular weight is 231 g/mol. The van der Waals surface area contributed by atoms with Crippen molar-refractivity contribution in [2.75, 3.05) is 13.2 Å². The Morgan fingerprint density at radius 3 is 2.73 bits per heavy atom. The maximum atomic E-state index is 6.44. The molecule has 0 amide bonds. The van der Waals surface area contributed by atoms with Crippen LogP contribution in [0.15, 0.2) is 0 Å². The molecule has 4 atom stereocenters. The first-order valence-electron chi connectivity index (χ1n) is 6.51. The fraction of sp³-hybridized carbons (Fsp3) is 1.00. The Hall–Kier alpha value is 0.250. The lowest BCUT2D eigenvalue weighted by Gasteiger charge is -2.33. The molecule has 88 valence electrons. The normalized spacial score (nSPS) is 42.0. The van der Waals surface area contributed by atoms with Gasteiger partial charge < -0.3 is 4.74 Å². The van der Waals surface area contributed by atoms with Gasteiger partial charge in [-0.2, -0.15) is 0 Å². The predicted molar refractivity (Wildman–Crippen MR) is 64.3 cm³/mol. The van der Waals surface area contributed by atoms with Gasteiger partial charge in [0.05, 0.1) is 0 Å². The van der Waals surface area contributed by atoms with Crippen molar-refractivity contribution in [1.29, 1.82) is 0 Å². The van der Waals surface area contributed by atoms with E-state index in [0.29, 0.717) is 5.38 Å². The summed E-state index contributed by atoms with van der Waals surface area (Å²) in [6, 6.07) is 0. The maximum absolute atomic E-state index is 6.44. The van der Waals surface area contributed by atoms with Gasteiger partial charge in [0.15, 0.2) is 0 Å². The molecule has 2 rings (SSSR count). The van der Waals surface area contributed by atoms with Crippen LogP contribution in [-0.4, -0.2) is 18.6 Å². The van der Waals surface area contributed by atoms with Gasteiger partial charge >= 0.3 is 0 Å². The first-order chi connectivity index (χ1) is 7.29. The summed E-state index contributed by atoms with van der Waals surface area (Å²) in [6.07, 6.45) is 7.85. The van der Waals surface area contributed by atoms with Crippen molar-refractivity contribution in [2.24, 2.45) is 17.8 Å². The molecule has 2 aliphatic rings. The molecule has 1 saturated carbocycles. The molecule has 2 fully saturated rings. The van der Waals surface area contributed by atoms with Crippen molar-refractivity contribution in [2.45, 2.75) is 50.8 Å². The van der Waals surface area contributed by atoms with Gasteiger partial charge in [-0.3, -0.25) is 0 Å². The summed E-state index contributed by atoms with van der Waals surface area (Å²) in [7, 11) is 0. The second-order valence-electron chi connectivity index (χ2n) is 5.33. The molecule has 2 heteroatoms. The highest BCUT2D eigenvalue weighted by Crippen LogP contribution is 2.38. The molecular weight excluding hydrogens is 208 g/mol. The Labute approximate surface area is 98.5 Å². The van der Waals surface area contributed by atoms with E-state index in [9.17, 15) is 0 Å². The minimum Gasteiger partial charge on any atom is -0.381 e. The van der Waals surface area contributed by atoms with E-state index >= 15 is 0 Å². The number of hydrogen-bond donors (Lipinski definition) is 0. The lowest BCUT2D eigenvalue weighted by atomic mass is 9.76. The van der Waals surface area contributed by atoms with Crippen molar-refractivity contribution >= 4 is 11.6 Å². The van der Waals surface area contributed by atoms with Crippen LogP contribution >= 0.6 is 11.6 Å². The van der Waals surface area contributed by atoms with E-state index in [0.717, 1.165) is 31.0 Å². The molecule has 0 aromatic heterocycles. The van der Waals surface area contributed by atoms with Crippen LogP contribution in [-0.2, 0) is 4.74 Å². The van der Waals surface area contributed by atoms with Gasteiger partial charge in [-0.15, -0.1) is 11.6 Å². The quantitative estimate of drug-likeness (QED) is 0.670. The third kappa shape index (κ3) is 3.10. The summed E-state index contributed by atoms with van der Waals surface area (Å²) in [6.45, 7) is 4.27. The smallest absolute Gasteiger partial charge is 0.0495 e. The number of alkyl halides is 1. The molecule has 1 aliphatic heterocycles. The predicted octanol–water partition coefficient (Wildman–Crippen LogP) is 3.85. The van der Waals surface area contributed by atoms with Crippen molar-refractivity contribution in [3.8, 4) is 0 Å². The van der Waals surface area contributed by atoms with Crippen molar-refractivity contribution in [3.05, 3.63) is 0 Å². The lowest BCUT2D eigenvalue weighted by molar-refractivity contribution is 0.170. The summed E-state index contributed by atoms with van der Waals surface area (Å²) in [5.41, 5.74) is 0. The van der Waals surface area contributed by atoms with Crippen LogP contribution < -0.4 is 0 Å². The SMILES string of the molecule is CCC1CCC(Cl)C(CC2CCOC2)C1. The second kappa shape index (κ2) is 5.54. The zero-order valence-corrected chi connectivity index (χ0v) is 10.5. The van der Waals surface area contributed by atoms with Crippen LogP contribution in [0.3, 0.4) is 0 Å². The van der Waals surface area contributed by atoms with Gasteiger partial charge in [0, 0.05) is 18.6 Å². The minimum absolute atomic E-state index is 0.438. The van der Waals surface area contributed by atoms with E-state index in [1.54, 1.807) is 0 Å². The standard InChI is InChI=1S/C13H23ClO/c1-2-10-3-4-13(14)12(7-10)8-11-5-6-15-9-11/h10-13H,2-9H2,1H3. The van der Waals surface area contributed by atoms with Gasteiger partial charge in [-0.25, -0.2) is 0 Å². The van der Waals surface area contributed by atoms with Crippen LogP contribution in [0, 0.1) is 17.8 Å². The third-order valence-corrected chi connectivity index (χ3v) is 4.81. The fourth-order valence-corrected chi connectivity index (χ4v) is 3.47. The third-order valence-electron chi connectivity index (χ3n) is 4.24. The van der Waals surface area contributed by atoms with Crippen LogP contribution in [0.5, 0.6) is 0 Å². The van der Waals surface area contributed by atoms with Crippen molar-refractivity contribution in [3.63, 3.8) is 0 Å². The molecule has 15 heavy (non-hydrogen) atoms. The van der Waals surface area contributed by atoms with E-state index in [2.05, 4.69) is 6.92 Å². The summed E-state index contributed by atoms with van der Waals surface area (Å²) in [5, 5.41) is 0.438. The van der Waals surface area contributed by atoms with E-state index < -0.39 is 0 Å². The monoisotopic (exact) mass is 230 g/mol. The molecule has 0 radical (unpaired) electrons. The van der Waals surface area contributed by atoms with Gasteiger partial charge in [0.25, 0.3) is 0 Å². The average Bonchev–Trinajstić information content (AvgIpc) is 2.74. The zero-order chi connectivity index (χ0) is 10.7. The summed E-state index contributed by atoms with van der Waals surface area (Å²) < 4.78 is 5.44. The molecular formula is C13H23ClO. The molecule has 0 aromatic rings. The van der Waals surface area contributed by atoms with Gasteiger partial charge in [-0.1, -0.05) is 13.3 Å². The Morgan fingerprint density at radius 1 is 1.20 bits per heavy atom. The molecule has 1 heterocycles. The fourth-order valence-electron chi connectivity index (χ4n) is 3.14. The summed E-state index contributed by atoms with van der Waals surface area (Å²) >= 11 is 6.44. The van der Waals surface area contributed by atoms with Gasteiger partial charge in [0.1, 0.15) is 0 Å². The molecule has 0 bridgehead atoms. The number of ether oxygens (including phenoxy) is 1. The Kier molecular flexibility index (Phi) is 4.33. The molecule has 0 spiro atoms. The van der Waals surface area contributed by atoms with Crippen LogP contribution in [0.25, 0.3) is 0 Å². The molecule has 1 nitrogen and oxygen atoms in total. The first kappa shape index (κ1) is 11.7. The summed E-state index contributed by atoms with van der Waals surface area (Å²) in [5.74, 6) is 2.50. The van der Waals surface area contributed by atoms with Gasteiger partial charge in [0.2, 0.25) is 0 Å². The topological polar surface area (TPSA) is 9.23 Å². The van der Waals surface area contributed by atoms with Crippen LogP contribution in [0.4, 0.5) is 0 Å². The highest BCUT2D eigenvalue weighted by Gasteiger charge is 2.31. The molecule has 0 N–H and O–H groups in total. The maximum Gasteiger partial charge on any atom is 0.0495 e. The Morgan fingerprint density at radius 2 is 2.07 bits per heavy atom. The molecule has 1 aliphatic carbocycles. The Bertz CT molecular complexity index is 189. The van der Waals surface area contributed by atoms with Gasteiger partial charge in [-0.05, 0) is 49.9 Å². The van der Waals surface area contributed by atoms with E-state index in [1.165, 1.54) is 38.5 Å². The van der Waals surface area contributed by atoms with E-state index in [-0.39, 0.29) is 0 Å². The van der Waals surface area contributed by atoms with Crippen molar-refractivity contribution < 1.29 is 4.74 Å². The Balaban J connectivity index is 1.82. The van der Waals surface area contributed by atoms with E-state index in [1.807, 2.05) is 0 Å². The first-order valence-corrected chi connectivity index (χ1v) is 6.95. The molecule has 1 saturated heterocycles.